The largest absolute Gasteiger partial charge is 0.494 e. The highest BCUT2D eigenvalue weighted by molar-refractivity contribution is 6.42. The molecule has 0 saturated carbocycles. The number of imidazole rings is 1. The summed E-state index contributed by atoms with van der Waals surface area (Å²) in [5.74, 6) is 1.71. The minimum atomic E-state index is -0.219. The summed E-state index contributed by atoms with van der Waals surface area (Å²) >= 11 is 24.9. The lowest BCUT2D eigenvalue weighted by Crippen LogP contribution is -2.23. The first-order valence-corrected chi connectivity index (χ1v) is 16.6. The molecular formula is C36H36Cl4N4O2. The minimum Gasteiger partial charge on any atom is -0.494 e. The highest BCUT2D eigenvalue weighted by atomic mass is 35.5. The molecule has 0 radical (unpaired) electrons. The zero-order valence-electron chi connectivity index (χ0n) is 26.0. The zero-order chi connectivity index (χ0) is 32.8. The number of carbonyl (C=O) groups is 1. The van der Waals surface area contributed by atoms with E-state index in [0.717, 1.165) is 57.8 Å². The maximum Gasteiger partial charge on any atom is 0.141 e. The number of rotatable bonds is 14. The molecule has 0 saturated heterocycles. The van der Waals surface area contributed by atoms with Gasteiger partial charge in [-0.25, -0.2) is 4.98 Å². The number of nitrogens with zero attached hydrogens (tertiary/aromatic N) is 3. The van der Waals surface area contributed by atoms with E-state index in [1.54, 1.807) is 13.0 Å². The number of ketones is 1. The molecule has 0 bridgehead atoms. The van der Waals surface area contributed by atoms with Gasteiger partial charge >= 0.3 is 0 Å². The van der Waals surface area contributed by atoms with E-state index in [1.165, 1.54) is 0 Å². The van der Waals surface area contributed by atoms with Gasteiger partial charge < -0.3 is 19.5 Å². The van der Waals surface area contributed by atoms with Crippen LogP contribution in [0.25, 0.3) is 22.4 Å². The third-order valence-corrected chi connectivity index (χ3v) is 9.14. The van der Waals surface area contributed by atoms with E-state index < -0.39 is 0 Å². The number of benzene rings is 4. The summed E-state index contributed by atoms with van der Waals surface area (Å²) in [5.41, 5.74) is 5.67. The van der Waals surface area contributed by atoms with E-state index in [1.807, 2.05) is 54.6 Å². The maximum atomic E-state index is 12.3. The molecule has 5 aromatic rings. The molecule has 0 aliphatic heterocycles. The highest BCUT2D eigenvalue weighted by Crippen LogP contribution is 2.32. The van der Waals surface area contributed by atoms with E-state index in [9.17, 15) is 4.79 Å². The number of nitrogens with one attached hydrogen (secondary N) is 1. The lowest BCUT2D eigenvalue weighted by Gasteiger charge is -2.19. The standard InChI is InChI=1S/C36H36Cl4N4O2/c1-23(45)17-33(41-21-24-5-12-29(37)31(39)18-24)27-9-14-35-34(20-27)42-36(44(35)22-25-6-13-30(38)32(40)19-25)26-7-10-28(11-8-26)46-16-4-15-43(2)3/h5-14,18-20,33,41H,4,15-17,21-22H2,1-3H3. The molecule has 4 aromatic carbocycles. The Labute approximate surface area is 290 Å². The van der Waals surface area contributed by atoms with Crippen molar-refractivity contribution in [2.24, 2.45) is 0 Å². The summed E-state index contributed by atoms with van der Waals surface area (Å²) in [4.78, 5) is 19.6. The number of hydrogen-bond acceptors (Lipinski definition) is 5. The first-order valence-electron chi connectivity index (χ1n) is 15.1. The van der Waals surface area contributed by atoms with Gasteiger partial charge in [-0.05, 0) is 105 Å². The smallest absolute Gasteiger partial charge is 0.141 e. The van der Waals surface area contributed by atoms with Crippen LogP contribution < -0.4 is 10.1 Å². The molecule has 10 heteroatoms. The second-order valence-corrected chi connectivity index (χ2v) is 13.3. The van der Waals surface area contributed by atoms with Crippen LogP contribution in [-0.4, -0.2) is 47.5 Å². The van der Waals surface area contributed by atoms with E-state index in [2.05, 4.69) is 47.1 Å². The van der Waals surface area contributed by atoms with Gasteiger partial charge in [0.1, 0.15) is 17.4 Å². The van der Waals surface area contributed by atoms with Crippen molar-refractivity contribution >= 4 is 63.2 Å². The third kappa shape index (κ3) is 8.82. The summed E-state index contributed by atoms with van der Waals surface area (Å²) in [6, 6.07) is 25.2. The molecule has 5 rings (SSSR count). The Morgan fingerprint density at radius 1 is 0.870 bits per heavy atom. The Hall–Kier alpha value is -3.10. The van der Waals surface area contributed by atoms with E-state index in [-0.39, 0.29) is 11.8 Å². The van der Waals surface area contributed by atoms with Gasteiger partial charge in [0.15, 0.2) is 0 Å². The minimum absolute atomic E-state index is 0.0848. The van der Waals surface area contributed by atoms with Gasteiger partial charge in [-0.2, -0.15) is 0 Å². The number of fused-ring (bicyclic) bond motifs is 1. The van der Waals surface area contributed by atoms with Crippen LogP contribution in [0, 0.1) is 0 Å². The molecule has 1 N–H and O–H groups in total. The molecule has 1 atom stereocenters. The van der Waals surface area contributed by atoms with E-state index in [4.69, 9.17) is 56.1 Å². The molecule has 0 aliphatic rings. The molecule has 0 fully saturated rings. The summed E-state index contributed by atoms with van der Waals surface area (Å²) < 4.78 is 8.14. The Balaban J connectivity index is 1.47. The summed E-state index contributed by atoms with van der Waals surface area (Å²) in [7, 11) is 4.11. The van der Waals surface area contributed by atoms with Gasteiger partial charge in [0, 0.05) is 37.7 Å². The number of carbonyl (C=O) groups excluding carboxylic acids is 1. The van der Waals surface area contributed by atoms with Gasteiger partial charge in [0.05, 0.1) is 37.7 Å². The lowest BCUT2D eigenvalue weighted by molar-refractivity contribution is -0.117. The van der Waals surface area contributed by atoms with Crippen molar-refractivity contribution in [3.8, 4) is 17.1 Å². The summed E-state index contributed by atoms with van der Waals surface area (Å²) in [5, 5.41) is 5.55. The van der Waals surface area contributed by atoms with Gasteiger partial charge in [-0.3, -0.25) is 4.79 Å². The van der Waals surface area contributed by atoms with Gasteiger partial charge in [0.2, 0.25) is 0 Å². The Morgan fingerprint density at radius 3 is 2.20 bits per heavy atom. The topological polar surface area (TPSA) is 59.4 Å². The predicted octanol–water partition coefficient (Wildman–Crippen LogP) is 9.51. The first kappa shape index (κ1) is 34.2. The van der Waals surface area contributed by atoms with E-state index >= 15 is 0 Å². The molecule has 1 aromatic heterocycles. The number of Topliss-reactive ketones (excluding diaryl/α,β-unsaturated/α-hetero) is 1. The van der Waals surface area contributed by atoms with Crippen LogP contribution in [0.4, 0.5) is 0 Å². The van der Waals surface area contributed by atoms with Crippen LogP contribution in [0.3, 0.4) is 0 Å². The van der Waals surface area contributed by atoms with Crippen LogP contribution in [0.15, 0.2) is 78.9 Å². The fourth-order valence-corrected chi connectivity index (χ4v) is 5.96. The quantitative estimate of drug-likeness (QED) is 0.117. The fraction of sp³-hybridized carbons (Fsp3) is 0.278. The van der Waals surface area contributed by atoms with Crippen LogP contribution in [0.2, 0.25) is 20.1 Å². The lowest BCUT2D eigenvalue weighted by atomic mass is 10.0. The highest BCUT2D eigenvalue weighted by Gasteiger charge is 2.19. The number of ether oxygens (including phenoxy) is 1. The maximum absolute atomic E-state index is 12.3. The fourth-order valence-electron chi connectivity index (χ4n) is 5.32. The van der Waals surface area contributed by atoms with Crippen molar-refractivity contribution in [3.63, 3.8) is 0 Å². The number of hydrogen-bond donors (Lipinski definition) is 1. The molecule has 6 nitrogen and oxygen atoms in total. The molecule has 0 amide bonds. The molecule has 240 valence electrons. The van der Waals surface area contributed by atoms with Crippen LogP contribution in [-0.2, 0) is 17.9 Å². The molecule has 0 aliphatic carbocycles. The van der Waals surface area contributed by atoms with Crippen molar-refractivity contribution in [1.82, 2.24) is 19.8 Å². The summed E-state index contributed by atoms with van der Waals surface area (Å²) in [6.07, 6.45) is 1.28. The average Bonchev–Trinajstić information content (AvgIpc) is 3.38. The molecule has 46 heavy (non-hydrogen) atoms. The second kappa shape index (κ2) is 15.7. The normalized spacial score (nSPS) is 12.2. The third-order valence-electron chi connectivity index (χ3n) is 7.66. The van der Waals surface area contributed by atoms with Crippen LogP contribution in [0.5, 0.6) is 5.75 Å². The van der Waals surface area contributed by atoms with E-state index in [0.29, 0.717) is 46.2 Å². The Morgan fingerprint density at radius 2 is 1.54 bits per heavy atom. The van der Waals surface area contributed by atoms with Gasteiger partial charge in [0.25, 0.3) is 0 Å². The molecule has 0 spiro atoms. The van der Waals surface area contributed by atoms with Crippen LogP contribution in [0.1, 0.15) is 42.5 Å². The molecule has 1 heterocycles. The number of aromatic nitrogens is 2. The van der Waals surface area contributed by atoms with Crippen molar-refractivity contribution in [1.29, 1.82) is 0 Å². The predicted molar refractivity (Wildman–Crippen MR) is 191 cm³/mol. The summed E-state index contributed by atoms with van der Waals surface area (Å²) in [6.45, 7) is 4.28. The number of halogens is 4. The monoisotopic (exact) mass is 696 g/mol. The first-order chi connectivity index (χ1) is 22.1. The van der Waals surface area contributed by atoms with Crippen molar-refractivity contribution in [2.75, 3.05) is 27.2 Å². The van der Waals surface area contributed by atoms with Crippen molar-refractivity contribution < 1.29 is 9.53 Å². The SMILES string of the molecule is CC(=O)CC(NCc1ccc(Cl)c(Cl)c1)c1ccc2c(c1)nc(-c1ccc(OCCCN(C)C)cc1)n2Cc1ccc(Cl)c(Cl)c1. The average molecular weight is 699 g/mol. The Kier molecular flexibility index (Phi) is 11.7. The van der Waals surface area contributed by atoms with Gasteiger partial charge in [-0.15, -0.1) is 0 Å². The molecule has 1 unspecified atom stereocenters. The zero-order valence-corrected chi connectivity index (χ0v) is 29.0. The van der Waals surface area contributed by atoms with Crippen LogP contribution >= 0.6 is 46.4 Å². The van der Waals surface area contributed by atoms with Crippen molar-refractivity contribution in [2.45, 2.75) is 38.9 Å². The van der Waals surface area contributed by atoms with Gasteiger partial charge in [-0.1, -0.05) is 64.6 Å². The second-order valence-electron chi connectivity index (χ2n) is 11.6. The van der Waals surface area contributed by atoms with Crippen molar-refractivity contribution in [3.05, 3.63) is 116 Å². The Bertz CT molecular complexity index is 1820. The molecular weight excluding hydrogens is 662 g/mol.